The normalized spacial score (nSPS) is 13.7. The molecule has 0 fully saturated rings. The number of hydrogen-bond donors (Lipinski definition) is 0. The summed E-state index contributed by atoms with van der Waals surface area (Å²) in [7, 11) is 0. The lowest BCUT2D eigenvalue weighted by Crippen LogP contribution is -2.13. The highest BCUT2D eigenvalue weighted by Gasteiger charge is 2.19. The Morgan fingerprint density at radius 1 is 1.24 bits per heavy atom. The summed E-state index contributed by atoms with van der Waals surface area (Å²) in [5.74, 6) is 1.28. The third-order valence-electron chi connectivity index (χ3n) is 3.22. The van der Waals surface area contributed by atoms with E-state index in [2.05, 4.69) is 4.98 Å². The fourth-order valence-corrected chi connectivity index (χ4v) is 2.28. The zero-order valence-electron chi connectivity index (χ0n) is 9.69. The molecule has 0 saturated carbocycles. The van der Waals surface area contributed by atoms with E-state index in [0.717, 1.165) is 41.7 Å². The van der Waals surface area contributed by atoms with E-state index in [-0.39, 0.29) is 5.56 Å². The van der Waals surface area contributed by atoms with Crippen LogP contribution in [-0.4, -0.2) is 4.98 Å². The number of aromatic nitrogens is 1. The van der Waals surface area contributed by atoms with E-state index >= 15 is 0 Å². The quantitative estimate of drug-likeness (QED) is 0.751. The lowest BCUT2D eigenvalue weighted by Gasteiger charge is -2.05. The van der Waals surface area contributed by atoms with Crippen LogP contribution in [0, 0.1) is 6.92 Å². The Morgan fingerprint density at radius 2 is 2.06 bits per heavy atom. The maximum Gasteiger partial charge on any atom is 0.279 e. The highest BCUT2D eigenvalue weighted by molar-refractivity contribution is 5.58. The van der Waals surface area contributed by atoms with Crippen molar-refractivity contribution in [1.82, 2.24) is 4.98 Å². The molecule has 0 spiro atoms. The van der Waals surface area contributed by atoms with Gasteiger partial charge in [0.05, 0.1) is 5.56 Å². The Bertz CT molecular complexity index is 628. The Hall–Kier alpha value is -1.90. The number of nitrogens with zero attached hydrogens (tertiary/aromatic N) is 1. The van der Waals surface area contributed by atoms with Gasteiger partial charge in [-0.15, -0.1) is 0 Å². The molecule has 1 aliphatic carbocycles. The molecule has 1 aromatic carbocycles. The van der Waals surface area contributed by atoms with Crippen LogP contribution in [-0.2, 0) is 12.8 Å². The minimum atomic E-state index is -0.123. The highest BCUT2D eigenvalue weighted by Crippen LogP contribution is 2.25. The molecule has 1 aliphatic rings. The molecule has 0 aliphatic heterocycles. The van der Waals surface area contributed by atoms with Crippen LogP contribution in [0.2, 0.25) is 0 Å². The highest BCUT2D eigenvalue weighted by atomic mass is 16.3. The van der Waals surface area contributed by atoms with Gasteiger partial charge in [0.1, 0.15) is 5.76 Å². The molecule has 3 rings (SSSR count). The average molecular weight is 227 g/mol. The van der Waals surface area contributed by atoms with Gasteiger partial charge < -0.3 is 4.42 Å². The molecule has 0 N–H and O–H groups in total. The van der Waals surface area contributed by atoms with Crippen molar-refractivity contribution >= 4 is 0 Å². The van der Waals surface area contributed by atoms with Crippen LogP contribution < -0.4 is 5.56 Å². The second kappa shape index (κ2) is 3.84. The zero-order valence-corrected chi connectivity index (χ0v) is 9.69. The van der Waals surface area contributed by atoms with Crippen molar-refractivity contribution in [1.29, 1.82) is 0 Å². The van der Waals surface area contributed by atoms with E-state index in [0.29, 0.717) is 5.89 Å². The predicted molar refractivity (Wildman–Crippen MR) is 65.0 cm³/mol. The van der Waals surface area contributed by atoms with Crippen LogP contribution >= 0.6 is 0 Å². The lowest BCUT2D eigenvalue weighted by atomic mass is 10.1. The molecule has 2 aromatic rings. The minimum Gasteiger partial charge on any atom is -0.442 e. The molecule has 0 atom stereocenters. The van der Waals surface area contributed by atoms with Gasteiger partial charge in [-0.1, -0.05) is 18.2 Å². The summed E-state index contributed by atoms with van der Waals surface area (Å²) in [5.41, 5.74) is 2.62. The van der Waals surface area contributed by atoms with Crippen LogP contribution in [0.1, 0.15) is 23.3 Å². The maximum atomic E-state index is 11.8. The second-order valence-electron chi connectivity index (χ2n) is 4.39. The van der Waals surface area contributed by atoms with Crippen molar-refractivity contribution in [2.75, 3.05) is 0 Å². The van der Waals surface area contributed by atoms with Gasteiger partial charge in [0.15, 0.2) is 0 Å². The van der Waals surface area contributed by atoms with Gasteiger partial charge in [-0.3, -0.25) is 4.79 Å². The summed E-state index contributed by atoms with van der Waals surface area (Å²) in [6, 6.07) is 7.81. The van der Waals surface area contributed by atoms with Gasteiger partial charge in [-0.05, 0) is 31.4 Å². The zero-order chi connectivity index (χ0) is 11.8. The van der Waals surface area contributed by atoms with Gasteiger partial charge in [-0.2, -0.15) is 4.98 Å². The number of hydrogen-bond acceptors (Lipinski definition) is 3. The standard InChI is InChI=1S/C14H13NO2/c1-9-5-2-3-6-10(9)14-15-13(16)11-7-4-8-12(11)17-14/h2-3,5-6H,4,7-8H2,1H3. The summed E-state index contributed by atoms with van der Waals surface area (Å²) in [6.07, 6.45) is 2.65. The largest absolute Gasteiger partial charge is 0.442 e. The molecule has 0 radical (unpaired) electrons. The topological polar surface area (TPSA) is 43.1 Å². The Kier molecular flexibility index (Phi) is 2.32. The lowest BCUT2D eigenvalue weighted by molar-refractivity contribution is 0.494. The van der Waals surface area contributed by atoms with Gasteiger partial charge in [0, 0.05) is 12.0 Å². The molecule has 0 unspecified atom stereocenters. The van der Waals surface area contributed by atoms with Crippen molar-refractivity contribution in [3.8, 4) is 11.5 Å². The van der Waals surface area contributed by atoms with E-state index < -0.39 is 0 Å². The molecule has 0 bridgehead atoms. The van der Waals surface area contributed by atoms with Crippen molar-refractivity contribution in [2.24, 2.45) is 0 Å². The van der Waals surface area contributed by atoms with Crippen molar-refractivity contribution in [3.05, 3.63) is 51.5 Å². The van der Waals surface area contributed by atoms with Crippen molar-refractivity contribution in [2.45, 2.75) is 26.2 Å². The monoisotopic (exact) mass is 227 g/mol. The van der Waals surface area contributed by atoms with Gasteiger partial charge in [0.25, 0.3) is 5.56 Å². The van der Waals surface area contributed by atoms with Gasteiger partial charge in [0.2, 0.25) is 5.89 Å². The van der Waals surface area contributed by atoms with E-state index in [4.69, 9.17) is 4.42 Å². The number of rotatable bonds is 1. The molecule has 3 nitrogen and oxygen atoms in total. The molecular weight excluding hydrogens is 214 g/mol. The Balaban J connectivity index is 2.20. The van der Waals surface area contributed by atoms with E-state index in [1.165, 1.54) is 0 Å². The maximum absolute atomic E-state index is 11.8. The SMILES string of the molecule is Cc1ccccc1-c1nc(=O)c2c(o1)CCC2. The molecule has 0 saturated heterocycles. The molecule has 17 heavy (non-hydrogen) atoms. The molecule has 1 aromatic heterocycles. The van der Waals surface area contributed by atoms with Crippen molar-refractivity contribution < 1.29 is 4.42 Å². The fraction of sp³-hybridized carbons (Fsp3) is 0.286. The minimum absolute atomic E-state index is 0.123. The third-order valence-corrected chi connectivity index (χ3v) is 3.22. The first-order chi connectivity index (χ1) is 8.25. The number of benzene rings is 1. The summed E-state index contributed by atoms with van der Waals surface area (Å²) < 4.78 is 5.76. The van der Waals surface area contributed by atoms with Crippen LogP contribution in [0.15, 0.2) is 33.5 Å². The Labute approximate surface area is 99.1 Å². The summed E-state index contributed by atoms with van der Waals surface area (Å²) >= 11 is 0. The van der Waals surface area contributed by atoms with Crippen LogP contribution in [0.25, 0.3) is 11.5 Å². The van der Waals surface area contributed by atoms with Crippen LogP contribution in [0.5, 0.6) is 0 Å². The van der Waals surface area contributed by atoms with E-state index in [1.54, 1.807) is 0 Å². The second-order valence-corrected chi connectivity index (χ2v) is 4.39. The predicted octanol–water partition coefficient (Wildman–Crippen LogP) is 2.50. The van der Waals surface area contributed by atoms with Gasteiger partial charge in [-0.25, -0.2) is 0 Å². The first-order valence-electron chi connectivity index (χ1n) is 5.84. The molecule has 1 heterocycles. The first-order valence-corrected chi connectivity index (χ1v) is 5.84. The van der Waals surface area contributed by atoms with Crippen LogP contribution in [0.3, 0.4) is 0 Å². The van der Waals surface area contributed by atoms with E-state index in [9.17, 15) is 4.79 Å². The summed E-state index contributed by atoms with van der Waals surface area (Å²) in [4.78, 5) is 15.9. The average Bonchev–Trinajstić information content (AvgIpc) is 2.78. The molecule has 0 amide bonds. The number of fused-ring (bicyclic) bond motifs is 1. The van der Waals surface area contributed by atoms with Gasteiger partial charge >= 0.3 is 0 Å². The third kappa shape index (κ3) is 1.68. The Morgan fingerprint density at radius 3 is 2.88 bits per heavy atom. The first kappa shape index (κ1) is 10.3. The van der Waals surface area contributed by atoms with Crippen molar-refractivity contribution in [3.63, 3.8) is 0 Å². The molecule has 86 valence electrons. The fourth-order valence-electron chi connectivity index (χ4n) is 2.28. The van der Waals surface area contributed by atoms with E-state index in [1.807, 2.05) is 31.2 Å². The smallest absolute Gasteiger partial charge is 0.279 e. The summed E-state index contributed by atoms with van der Waals surface area (Å²) in [5, 5.41) is 0. The summed E-state index contributed by atoms with van der Waals surface area (Å²) in [6.45, 7) is 1.99. The molecular formula is C14H13NO2. The number of aryl methyl sites for hydroxylation is 2. The molecule has 3 heteroatoms. The van der Waals surface area contributed by atoms with Crippen LogP contribution in [0.4, 0.5) is 0 Å².